The number of rotatable bonds is 7. The molecular formula is C14H19NO9S. The molecule has 2 aromatic rings. The molecule has 0 fully saturated rings. The predicted molar refractivity (Wildman–Crippen MR) is 86.0 cm³/mol. The van der Waals surface area contributed by atoms with Crippen molar-refractivity contribution in [2.75, 3.05) is 27.4 Å². The number of aryl methyl sites for hydroxylation is 1. The molecule has 0 spiro atoms. The lowest BCUT2D eigenvalue weighted by molar-refractivity contribution is 0.0388. The van der Waals surface area contributed by atoms with E-state index in [-0.39, 0.29) is 53.2 Å². The van der Waals surface area contributed by atoms with Crippen molar-refractivity contribution < 1.29 is 40.6 Å². The van der Waals surface area contributed by atoms with Crippen molar-refractivity contribution in [1.29, 1.82) is 0 Å². The number of furan rings is 1. The molecule has 0 amide bonds. The van der Waals surface area contributed by atoms with Gasteiger partial charge in [0, 0.05) is 18.6 Å². The van der Waals surface area contributed by atoms with Gasteiger partial charge in [-0.1, -0.05) is 0 Å². The van der Waals surface area contributed by atoms with Gasteiger partial charge in [0.2, 0.25) is 0 Å². The standard InChI is InChI=1S/C14H16O9S.H3N/c1-8-13(14(15)21-5-4-19-2)9-6-12(23-24(16,17)18)11(20-3)7-10(9)22-8;/h6-7H,4-5H2,1-3H3,(H,16,17,18);1H3. The maximum absolute atomic E-state index is 12.2. The van der Waals surface area contributed by atoms with E-state index in [1.165, 1.54) is 26.4 Å². The van der Waals surface area contributed by atoms with Crippen molar-refractivity contribution in [3.63, 3.8) is 0 Å². The Bertz CT molecular complexity index is 857. The number of fused-ring (bicyclic) bond motifs is 1. The first-order valence-electron chi connectivity index (χ1n) is 6.69. The number of ether oxygens (including phenoxy) is 3. The van der Waals surface area contributed by atoms with E-state index in [2.05, 4.69) is 4.18 Å². The molecule has 0 aliphatic heterocycles. The van der Waals surface area contributed by atoms with Crippen molar-refractivity contribution >= 4 is 27.3 Å². The first-order valence-corrected chi connectivity index (χ1v) is 8.02. The average molecular weight is 377 g/mol. The summed E-state index contributed by atoms with van der Waals surface area (Å²) in [4.78, 5) is 12.2. The molecule has 0 atom stereocenters. The Morgan fingerprint density at radius 1 is 1.20 bits per heavy atom. The zero-order valence-electron chi connectivity index (χ0n) is 14.2. The topological polar surface area (TPSA) is 161 Å². The molecule has 0 saturated heterocycles. The van der Waals surface area contributed by atoms with Gasteiger partial charge in [-0.3, -0.25) is 0 Å². The Hall–Kier alpha value is -2.34. The van der Waals surface area contributed by atoms with E-state index in [0.717, 1.165) is 0 Å². The quantitative estimate of drug-likeness (QED) is 0.328. The lowest BCUT2D eigenvalue weighted by Crippen LogP contribution is -2.11. The third-order valence-corrected chi connectivity index (χ3v) is 3.45. The Morgan fingerprint density at radius 3 is 2.44 bits per heavy atom. The summed E-state index contributed by atoms with van der Waals surface area (Å²) < 4.78 is 57.1. The zero-order chi connectivity index (χ0) is 17.9. The molecule has 0 aliphatic carbocycles. The van der Waals surface area contributed by atoms with Gasteiger partial charge in [-0.25, -0.2) is 13.2 Å². The van der Waals surface area contributed by atoms with Crippen LogP contribution in [0, 0.1) is 6.92 Å². The van der Waals surface area contributed by atoms with Gasteiger partial charge in [-0.2, -0.15) is 0 Å². The second-order valence-electron chi connectivity index (χ2n) is 4.65. The number of hydrogen-bond acceptors (Lipinski definition) is 9. The number of carbonyl (C=O) groups excluding carboxylic acids is 1. The fraction of sp³-hybridized carbons (Fsp3) is 0.357. The van der Waals surface area contributed by atoms with Crippen LogP contribution >= 0.6 is 0 Å². The molecule has 4 N–H and O–H groups in total. The van der Waals surface area contributed by atoms with E-state index in [0.29, 0.717) is 0 Å². The van der Waals surface area contributed by atoms with E-state index in [1.54, 1.807) is 6.92 Å². The Morgan fingerprint density at radius 2 is 1.88 bits per heavy atom. The van der Waals surface area contributed by atoms with Gasteiger partial charge in [0.15, 0.2) is 11.5 Å². The summed E-state index contributed by atoms with van der Waals surface area (Å²) in [5.41, 5.74) is 0.343. The first kappa shape index (κ1) is 20.7. The van der Waals surface area contributed by atoms with Gasteiger partial charge in [0.05, 0.1) is 13.7 Å². The molecule has 10 nitrogen and oxygen atoms in total. The fourth-order valence-corrected chi connectivity index (χ4v) is 2.46. The van der Waals surface area contributed by atoms with Gasteiger partial charge in [-0.15, -0.1) is 0 Å². The number of methoxy groups -OCH3 is 2. The van der Waals surface area contributed by atoms with Crippen LogP contribution in [0.3, 0.4) is 0 Å². The Kier molecular flexibility index (Phi) is 6.76. The molecule has 0 unspecified atom stereocenters. The molecule has 0 bridgehead atoms. The highest BCUT2D eigenvalue weighted by molar-refractivity contribution is 7.81. The molecule has 1 heterocycles. The first-order chi connectivity index (χ1) is 11.3. The molecule has 11 heteroatoms. The predicted octanol–water partition coefficient (Wildman–Crippen LogP) is 1.77. The van der Waals surface area contributed by atoms with Crippen molar-refractivity contribution in [3.8, 4) is 11.5 Å². The SMILES string of the molecule is COCCOC(=O)c1c(C)oc2cc(OC)c(OS(=O)(=O)[O-])cc12.[NH4+]. The van der Waals surface area contributed by atoms with E-state index in [4.69, 9.17) is 18.6 Å². The molecule has 0 saturated carbocycles. The maximum Gasteiger partial charge on any atom is 0.342 e. The average Bonchev–Trinajstić information content (AvgIpc) is 2.80. The zero-order valence-corrected chi connectivity index (χ0v) is 15.0. The van der Waals surface area contributed by atoms with E-state index in [1.807, 2.05) is 0 Å². The minimum atomic E-state index is -5.02. The fourth-order valence-electron chi connectivity index (χ4n) is 2.10. The van der Waals surface area contributed by atoms with Gasteiger partial charge in [0.1, 0.15) is 23.5 Å². The number of esters is 1. The van der Waals surface area contributed by atoms with E-state index in [9.17, 15) is 17.8 Å². The molecule has 0 aliphatic rings. The second kappa shape index (κ2) is 8.16. The summed E-state index contributed by atoms with van der Waals surface area (Å²) in [5, 5.41) is 0.231. The van der Waals surface area contributed by atoms with E-state index >= 15 is 0 Å². The minimum absolute atomic E-state index is 0. The molecule has 0 radical (unpaired) electrons. The monoisotopic (exact) mass is 377 g/mol. The van der Waals surface area contributed by atoms with Gasteiger partial charge >= 0.3 is 5.97 Å². The van der Waals surface area contributed by atoms with Crippen LogP contribution in [0.15, 0.2) is 16.5 Å². The van der Waals surface area contributed by atoms with Crippen LogP contribution in [-0.2, 0) is 19.9 Å². The second-order valence-corrected chi connectivity index (χ2v) is 5.64. The third kappa shape index (κ3) is 4.82. The summed E-state index contributed by atoms with van der Waals surface area (Å²) in [6.45, 7) is 1.80. The van der Waals surface area contributed by atoms with Gasteiger partial charge < -0.3 is 33.5 Å². The summed E-state index contributed by atoms with van der Waals surface area (Å²) in [7, 11) is -2.29. The van der Waals surface area contributed by atoms with Crippen LogP contribution in [0.1, 0.15) is 16.1 Å². The highest BCUT2D eigenvalue weighted by Gasteiger charge is 2.22. The summed E-state index contributed by atoms with van der Waals surface area (Å²) in [5.74, 6) is -0.803. The minimum Gasteiger partial charge on any atom is -0.716 e. The van der Waals surface area contributed by atoms with Crippen molar-refractivity contribution in [3.05, 3.63) is 23.5 Å². The van der Waals surface area contributed by atoms with E-state index < -0.39 is 16.4 Å². The lowest BCUT2D eigenvalue weighted by atomic mass is 10.1. The van der Waals surface area contributed by atoms with Crippen molar-refractivity contribution in [2.45, 2.75) is 6.92 Å². The van der Waals surface area contributed by atoms with Crippen LogP contribution in [0.2, 0.25) is 0 Å². The highest BCUT2D eigenvalue weighted by Crippen LogP contribution is 2.37. The molecular weight excluding hydrogens is 358 g/mol. The maximum atomic E-state index is 12.2. The van der Waals surface area contributed by atoms with Gasteiger partial charge in [0.25, 0.3) is 10.4 Å². The lowest BCUT2D eigenvalue weighted by Gasteiger charge is -2.12. The molecule has 25 heavy (non-hydrogen) atoms. The van der Waals surface area contributed by atoms with Crippen LogP contribution in [0.4, 0.5) is 0 Å². The molecule has 2 rings (SSSR count). The molecule has 1 aromatic heterocycles. The number of quaternary nitrogens is 1. The van der Waals surface area contributed by atoms with Gasteiger partial charge in [-0.05, 0) is 13.0 Å². The largest absolute Gasteiger partial charge is 0.716 e. The van der Waals surface area contributed by atoms with Crippen LogP contribution in [0.5, 0.6) is 11.5 Å². The van der Waals surface area contributed by atoms with Crippen LogP contribution < -0.4 is 15.1 Å². The summed E-state index contributed by atoms with van der Waals surface area (Å²) >= 11 is 0. The summed E-state index contributed by atoms with van der Waals surface area (Å²) in [6.07, 6.45) is 0. The Balaban J connectivity index is 0.00000312. The number of carbonyl (C=O) groups is 1. The summed E-state index contributed by atoms with van der Waals surface area (Å²) in [6, 6.07) is 2.49. The third-order valence-electron chi connectivity index (χ3n) is 3.07. The number of benzene rings is 1. The number of hydrogen-bond donors (Lipinski definition) is 1. The Labute approximate surface area is 144 Å². The normalized spacial score (nSPS) is 11.0. The molecule has 140 valence electrons. The van der Waals surface area contributed by atoms with Crippen molar-refractivity contribution in [1.82, 2.24) is 6.15 Å². The van der Waals surface area contributed by atoms with Crippen molar-refractivity contribution in [2.24, 2.45) is 0 Å². The smallest absolute Gasteiger partial charge is 0.342 e. The molecule has 1 aromatic carbocycles. The van der Waals surface area contributed by atoms with Crippen LogP contribution in [0.25, 0.3) is 11.0 Å². The van der Waals surface area contributed by atoms with Crippen LogP contribution in [-0.4, -0.2) is 46.4 Å². The highest BCUT2D eigenvalue weighted by atomic mass is 32.3.